The van der Waals surface area contributed by atoms with Gasteiger partial charge in [0.25, 0.3) is 0 Å². The third-order valence-corrected chi connectivity index (χ3v) is 0.353. The van der Waals surface area contributed by atoms with Gasteiger partial charge in [0, 0.05) is 0 Å². The first-order chi connectivity index (χ1) is 2.91. The van der Waals surface area contributed by atoms with E-state index in [4.69, 9.17) is 0 Å². The van der Waals surface area contributed by atoms with Gasteiger partial charge < -0.3 is 4.42 Å². The quantitative estimate of drug-likeness (QED) is 0.253. The zero-order valence-corrected chi connectivity index (χ0v) is 4.06. The maximum atomic E-state index is 4.45. The van der Waals surface area contributed by atoms with Crippen LogP contribution in [0.1, 0.15) is 6.92 Å². The smallest absolute Gasteiger partial charge is 0.229 e. The molecule has 0 N–H and O–H groups in total. The molecule has 0 atom stereocenters. The summed E-state index contributed by atoms with van der Waals surface area (Å²) in [5.74, 6) is 0. The van der Waals surface area contributed by atoms with Gasteiger partial charge in [-0.15, -0.1) is 13.0 Å². The number of hydrogen-bond donors (Lipinski definition) is 0. The molecule has 0 radical (unpaired) electrons. The molecular weight excluding hydrogens is 76.1 g/mol. The maximum Gasteiger partial charge on any atom is 0.229 e. The zero-order valence-electron chi connectivity index (χ0n) is 4.06. The predicted molar refractivity (Wildman–Crippen MR) is 26.4 cm³/mol. The topological polar surface area (TPSA) is 11.3 Å². The van der Waals surface area contributed by atoms with Crippen LogP contribution >= 0.6 is 0 Å². The molecule has 0 heterocycles. The van der Waals surface area contributed by atoms with E-state index in [9.17, 15) is 0 Å². The Bertz CT molecular complexity index is 52.3. The van der Waals surface area contributed by atoms with Crippen molar-refractivity contribution in [2.24, 2.45) is 0 Å². The molecule has 0 aliphatic heterocycles. The van der Waals surface area contributed by atoms with Gasteiger partial charge in [0.05, 0.1) is 0 Å². The van der Waals surface area contributed by atoms with Crippen LogP contribution in [0.25, 0.3) is 0 Å². The number of allylic oxidation sites excluding steroid dienone is 2. The SMILES string of the molecule is C/C=C/[C-]=[O+]C. The number of carbonyl (C=O) groups excluding carboxylic acids is 1. The van der Waals surface area contributed by atoms with E-state index in [0.29, 0.717) is 0 Å². The van der Waals surface area contributed by atoms with E-state index in [1.807, 2.05) is 13.0 Å². The molecule has 0 saturated carbocycles. The summed E-state index contributed by atoms with van der Waals surface area (Å²) in [6, 6.07) is 0. The van der Waals surface area contributed by atoms with Crippen LogP contribution in [-0.2, 0) is 4.42 Å². The summed E-state index contributed by atoms with van der Waals surface area (Å²) in [5.41, 5.74) is 0. The highest BCUT2D eigenvalue weighted by Gasteiger charge is 1.51. The molecular formula is C5H8O. The van der Waals surface area contributed by atoms with Crippen molar-refractivity contribution in [1.82, 2.24) is 0 Å². The highest BCUT2D eigenvalue weighted by Crippen LogP contribution is 1.57. The second-order valence-corrected chi connectivity index (χ2v) is 0.822. The van der Waals surface area contributed by atoms with Crippen LogP contribution in [0, 0.1) is 0 Å². The zero-order chi connectivity index (χ0) is 4.83. The van der Waals surface area contributed by atoms with E-state index >= 15 is 0 Å². The average Bonchev–Trinajstić information content (AvgIpc) is 1.61. The fourth-order valence-corrected chi connectivity index (χ4v) is 0.136. The molecule has 0 amide bonds. The first-order valence-electron chi connectivity index (χ1n) is 1.81. The molecule has 34 valence electrons. The lowest BCUT2D eigenvalue weighted by Gasteiger charge is -1.64. The first-order valence-corrected chi connectivity index (χ1v) is 1.81. The lowest BCUT2D eigenvalue weighted by molar-refractivity contribution is 0.186. The van der Waals surface area contributed by atoms with Gasteiger partial charge in [-0.1, -0.05) is 0 Å². The van der Waals surface area contributed by atoms with Gasteiger partial charge in [0.2, 0.25) is 13.4 Å². The van der Waals surface area contributed by atoms with Crippen molar-refractivity contribution in [2.45, 2.75) is 6.92 Å². The lowest BCUT2D eigenvalue weighted by Crippen LogP contribution is -1.63. The van der Waals surface area contributed by atoms with E-state index in [1.54, 1.807) is 13.2 Å². The van der Waals surface area contributed by atoms with Crippen molar-refractivity contribution in [1.29, 1.82) is 0 Å². The van der Waals surface area contributed by atoms with Gasteiger partial charge in [-0.2, -0.15) is 0 Å². The summed E-state index contributed by atoms with van der Waals surface area (Å²) in [6.45, 7) is 1.91. The molecule has 1 heteroatoms. The van der Waals surface area contributed by atoms with Gasteiger partial charge in [-0.3, -0.25) is 0 Å². The Hall–Kier alpha value is -0.590. The van der Waals surface area contributed by atoms with Crippen molar-refractivity contribution in [3.63, 3.8) is 0 Å². The molecule has 0 bridgehead atoms. The van der Waals surface area contributed by atoms with E-state index in [2.05, 4.69) is 10.7 Å². The molecule has 0 aromatic heterocycles. The highest BCUT2D eigenvalue weighted by molar-refractivity contribution is 5.65. The van der Waals surface area contributed by atoms with Crippen molar-refractivity contribution in [3.8, 4) is 0 Å². The molecule has 0 rings (SSSR count). The first kappa shape index (κ1) is 5.41. The minimum absolute atomic E-state index is 1.57. The summed E-state index contributed by atoms with van der Waals surface area (Å²) in [6.07, 6.45) is 6.08. The van der Waals surface area contributed by atoms with Crippen molar-refractivity contribution in [2.75, 3.05) is 7.11 Å². The number of rotatable bonds is 1. The Morgan fingerprint density at radius 2 is 2.33 bits per heavy atom. The maximum absolute atomic E-state index is 4.45. The second-order valence-electron chi connectivity index (χ2n) is 0.822. The van der Waals surface area contributed by atoms with E-state index in [1.165, 1.54) is 0 Å². The fourth-order valence-electron chi connectivity index (χ4n) is 0.136. The Morgan fingerprint density at radius 1 is 1.67 bits per heavy atom. The molecule has 6 heavy (non-hydrogen) atoms. The molecule has 0 aromatic rings. The average molecular weight is 84.1 g/mol. The van der Waals surface area contributed by atoms with Crippen LogP contribution in [0.5, 0.6) is 0 Å². The van der Waals surface area contributed by atoms with Crippen LogP contribution in [0.3, 0.4) is 0 Å². The fraction of sp³-hybridized carbons (Fsp3) is 0.400. The van der Waals surface area contributed by atoms with Gasteiger partial charge in [0.15, 0.2) is 0 Å². The molecule has 0 spiro atoms. The standard InChI is InChI=1S/C5H8O/c1-3-4-5-6-2/h3-4H,1-2H3/b4-3+. The monoisotopic (exact) mass is 84.1 g/mol. The summed E-state index contributed by atoms with van der Waals surface area (Å²) in [7, 11) is 1.57. The minimum Gasteiger partial charge on any atom is -0.355 e. The van der Waals surface area contributed by atoms with Gasteiger partial charge in [-0.05, 0) is 0 Å². The van der Waals surface area contributed by atoms with Crippen molar-refractivity contribution < 1.29 is 4.42 Å². The summed E-state index contributed by atoms with van der Waals surface area (Å²) in [5, 5.41) is 0. The molecule has 0 fully saturated rings. The van der Waals surface area contributed by atoms with Crippen molar-refractivity contribution >= 4 is 6.29 Å². The Morgan fingerprint density at radius 3 is 2.50 bits per heavy atom. The Labute approximate surface area is 38.0 Å². The van der Waals surface area contributed by atoms with E-state index < -0.39 is 0 Å². The number of hydrogen-bond acceptors (Lipinski definition) is 0. The summed E-state index contributed by atoms with van der Waals surface area (Å²) >= 11 is 0. The van der Waals surface area contributed by atoms with E-state index in [0.717, 1.165) is 0 Å². The molecule has 0 aliphatic rings. The van der Waals surface area contributed by atoms with Gasteiger partial charge in [-0.25, -0.2) is 6.08 Å². The second kappa shape index (κ2) is 4.41. The third-order valence-electron chi connectivity index (χ3n) is 0.353. The molecule has 0 aromatic carbocycles. The van der Waals surface area contributed by atoms with Gasteiger partial charge >= 0.3 is 0 Å². The minimum atomic E-state index is 1.57. The van der Waals surface area contributed by atoms with Crippen LogP contribution in [0.2, 0.25) is 0 Å². The molecule has 0 saturated heterocycles. The summed E-state index contributed by atoms with van der Waals surface area (Å²) in [4.78, 5) is 0. The Balaban J connectivity index is 3.07. The van der Waals surface area contributed by atoms with Crippen LogP contribution in [0.15, 0.2) is 12.2 Å². The van der Waals surface area contributed by atoms with Crippen LogP contribution < -0.4 is 0 Å². The van der Waals surface area contributed by atoms with Crippen LogP contribution in [-0.4, -0.2) is 13.4 Å². The molecule has 0 aliphatic carbocycles. The molecule has 1 nitrogen and oxygen atoms in total. The predicted octanol–water partition coefficient (Wildman–Crippen LogP) is 0.838. The lowest BCUT2D eigenvalue weighted by atomic mass is 10.6. The largest absolute Gasteiger partial charge is 0.355 e. The van der Waals surface area contributed by atoms with E-state index in [-0.39, 0.29) is 0 Å². The molecule has 0 unspecified atom stereocenters. The normalized spacial score (nSPS) is 11.7. The van der Waals surface area contributed by atoms with Crippen molar-refractivity contribution in [3.05, 3.63) is 12.2 Å². The third kappa shape index (κ3) is 3.41. The Kier molecular flexibility index (Phi) is 3.98. The highest BCUT2D eigenvalue weighted by atomic mass is 16.4. The van der Waals surface area contributed by atoms with Crippen LogP contribution in [0.4, 0.5) is 0 Å². The van der Waals surface area contributed by atoms with Gasteiger partial charge in [0.1, 0.15) is 0 Å². The summed E-state index contributed by atoms with van der Waals surface area (Å²) < 4.78 is 4.45.